The molecule has 0 bridgehead atoms. The molecule has 10 nitrogen and oxygen atoms in total. The molecule has 0 fully saturated rings. The van der Waals surface area contributed by atoms with E-state index in [1.165, 1.54) is 0 Å². The van der Waals surface area contributed by atoms with Crippen molar-refractivity contribution in [3.63, 3.8) is 0 Å². The maximum Gasteiger partial charge on any atom is 0.415 e. The molecule has 2 aromatic heterocycles. The Morgan fingerprint density at radius 2 is 1.83 bits per heavy atom. The van der Waals surface area contributed by atoms with Crippen LogP contribution in [0.3, 0.4) is 0 Å². The van der Waals surface area contributed by atoms with Gasteiger partial charge in [-0.15, -0.1) is 0 Å². The van der Waals surface area contributed by atoms with Gasteiger partial charge < -0.3 is 5.11 Å². The van der Waals surface area contributed by atoms with E-state index in [9.17, 15) is 18.0 Å². The number of hydrogen-bond donors (Lipinski definition) is 3. The monoisotopic (exact) mass is 339 g/mol. The highest BCUT2D eigenvalue weighted by molar-refractivity contribution is 7.90. The van der Waals surface area contributed by atoms with Gasteiger partial charge in [-0.3, -0.25) is 9.88 Å². The molecule has 2 heterocycles. The lowest BCUT2D eigenvalue weighted by molar-refractivity contribution is 0.196. The van der Waals surface area contributed by atoms with Gasteiger partial charge in [-0.1, -0.05) is 0 Å². The van der Waals surface area contributed by atoms with Gasteiger partial charge in [-0.2, -0.15) is 0 Å². The first-order chi connectivity index (χ1) is 10.7. The molecule has 0 aliphatic heterocycles. The Balaban J connectivity index is 2.13. The quantitative estimate of drug-likeness (QED) is 0.754. The first-order valence-corrected chi connectivity index (χ1v) is 7.73. The molecule has 0 aliphatic carbocycles. The number of hydrogen-bond acceptors (Lipinski definition) is 6. The average Bonchev–Trinajstić information content (AvgIpc) is 2.86. The van der Waals surface area contributed by atoms with Gasteiger partial charge in [0.1, 0.15) is 4.90 Å². The van der Waals surface area contributed by atoms with E-state index in [1.807, 2.05) is 0 Å². The summed E-state index contributed by atoms with van der Waals surface area (Å²) in [6.45, 7) is 3.40. The van der Waals surface area contributed by atoms with E-state index in [0.29, 0.717) is 16.0 Å². The first kappa shape index (κ1) is 16.4. The summed E-state index contributed by atoms with van der Waals surface area (Å²) in [5, 5.41) is 10.9. The Labute approximate surface area is 131 Å². The van der Waals surface area contributed by atoms with Gasteiger partial charge >= 0.3 is 12.1 Å². The Morgan fingerprint density at radius 1 is 1.22 bits per heavy atom. The predicted molar refractivity (Wildman–Crippen MR) is 78.7 cm³/mol. The number of nitrogens with zero attached hydrogens (tertiary/aromatic N) is 3. The molecule has 0 saturated carbocycles. The molecule has 122 valence electrons. The zero-order chi connectivity index (χ0) is 17.2. The zero-order valence-electron chi connectivity index (χ0n) is 12.1. The summed E-state index contributed by atoms with van der Waals surface area (Å²) in [6, 6.07) is 1.68. The third kappa shape index (κ3) is 4.03. The van der Waals surface area contributed by atoms with Crippen molar-refractivity contribution in [2.75, 3.05) is 5.32 Å². The van der Waals surface area contributed by atoms with Gasteiger partial charge in [-0.05, 0) is 26.0 Å². The van der Waals surface area contributed by atoms with Gasteiger partial charge in [0.15, 0.2) is 0 Å². The van der Waals surface area contributed by atoms with E-state index in [0.717, 1.165) is 18.5 Å². The summed E-state index contributed by atoms with van der Waals surface area (Å²) >= 11 is 0. The number of nitrogens with one attached hydrogen (secondary N) is 2. The van der Waals surface area contributed by atoms with Crippen LogP contribution in [0.5, 0.6) is 0 Å². The fourth-order valence-corrected chi connectivity index (χ4v) is 2.65. The van der Waals surface area contributed by atoms with E-state index < -0.39 is 22.1 Å². The highest BCUT2D eigenvalue weighted by Gasteiger charge is 2.20. The van der Waals surface area contributed by atoms with Gasteiger partial charge in [0.05, 0.1) is 0 Å². The molecule has 2 aromatic rings. The van der Waals surface area contributed by atoms with Crippen molar-refractivity contribution in [1.29, 1.82) is 0 Å². The average molecular weight is 339 g/mol. The van der Waals surface area contributed by atoms with Crippen molar-refractivity contribution in [1.82, 2.24) is 19.3 Å². The zero-order valence-corrected chi connectivity index (χ0v) is 13.0. The van der Waals surface area contributed by atoms with Gasteiger partial charge in [0.2, 0.25) is 5.95 Å². The molecule has 2 amide bonds. The van der Waals surface area contributed by atoms with Crippen LogP contribution >= 0.6 is 0 Å². The minimum Gasteiger partial charge on any atom is -0.464 e. The van der Waals surface area contributed by atoms with Crippen molar-refractivity contribution in [2.24, 2.45) is 0 Å². The summed E-state index contributed by atoms with van der Waals surface area (Å²) in [5.74, 6) is -0.0432. The third-order valence-corrected chi connectivity index (χ3v) is 3.95. The summed E-state index contributed by atoms with van der Waals surface area (Å²) in [5.41, 5.74) is 1.21. The van der Waals surface area contributed by atoms with Gasteiger partial charge in [0, 0.05) is 23.8 Å². The highest BCUT2D eigenvalue weighted by atomic mass is 32.2. The van der Waals surface area contributed by atoms with Gasteiger partial charge in [-0.25, -0.2) is 32.7 Å². The molecule has 0 atom stereocenters. The van der Waals surface area contributed by atoms with Crippen molar-refractivity contribution in [3.8, 4) is 0 Å². The van der Waals surface area contributed by atoms with Crippen molar-refractivity contribution < 1.29 is 23.1 Å². The predicted octanol–water partition coefficient (Wildman–Crippen LogP) is 0.931. The fraction of sp³-hybridized carbons (Fsp3) is 0.167. The molecular formula is C12H13N5O5S. The molecule has 11 heteroatoms. The Morgan fingerprint density at radius 3 is 2.35 bits per heavy atom. The molecule has 2 rings (SSSR count). The van der Waals surface area contributed by atoms with Crippen molar-refractivity contribution in [2.45, 2.75) is 18.7 Å². The van der Waals surface area contributed by atoms with Crippen LogP contribution in [0.1, 0.15) is 11.4 Å². The second-order valence-electron chi connectivity index (χ2n) is 4.57. The van der Waals surface area contributed by atoms with Crippen molar-refractivity contribution in [3.05, 3.63) is 35.9 Å². The molecule has 0 spiro atoms. The Bertz CT molecular complexity index is 853. The van der Waals surface area contributed by atoms with Crippen LogP contribution in [0.25, 0.3) is 0 Å². The van der Waals surface area contributed by atoms with Crippen LogP contribution < -0.4 is 10.0 Å². The maximum atomic E-state index is 12.0. The Hall–Kier alpha value is -2.95. The maximum absolute atomic E-state index is 12.0. The summed E-state index contributed by atoms with van der Waals surface area (Å²) in [4.78, 5) is 30.0. The standard InChI is InChI=1S/C12H13N5O5S/c1-7-5-8(2)14-10(13-7)15-11(18)16-23(21,22)9-3-4-17(6-9)12(19)20/h3-6H,1-2H3,(H,19,20)(H2,13,14,15,16,18). The molecule has 0 radical (unpaired) electrons. The number of anilines is 1. The molecule has 0 aliphatic rings. The normalized spacial score (nSPS) is 11.0. The van der Waals surface area contributed by atoms with E-state index >= 15 is 0 Å². The number of urea groups is 1. The van der Waals surface area contributed by atoms with Gasteiger partial charge in [0.25, 0.3) is 10.0 Å². The first-order valence-electron chi connectivity index (χ1n) is 6.25. The number of carboxylic acid groups (broad SMARTS) is 1. The smallest absolute Gasteiger partial charge is 0.415 e. The summed E-state index contributed by atoms with van der Waals surface area (Å²) in [6.07, 6.45) is 0.562. The SMILES string of the molecule is Cc1cc(C)nc(NC(=O)NS(=O)(=O)c2ccn(C(=O)O)c2)n1. The molecule has 23 heavy (non-hydrogen) atoms. The molecular weight excluding hydrogens is 326 g/mol. The van der Waals surface area contributed by atoms with E-state index in [4.69, 9.17) is 5.11 Å². The van der Waals surface area contributed by atoms with Crippen LogP contribution in [0.15, 0.2) is 29.4 Å². The lowest BCUT2D eigenvalue weighted by Crippen LogP contribution is -2.34. The highest BCUT2D eigenvalue weighted by Crippen LogP contribution is 2.10. The molecule has 0 saturated heterocycles. The number of carbonyl (C=O) groups excluding carboxylic acids is 1. The number of rotatable bonds is 3. The van der Waals surface area contributed by atoms with E-state index in [1.54, 1.807) is 24.6 Å². The van der Waals surface area contributed by atoms with Crippen LogP contribution in [0.4, 0.5) is 15.5 Å². The molecule has 0 aromatic carbocycles. The topological polar surface area (TPSA) is 143 Å². The number of amides is 2. The summed E-state index contributed by atoms with van der Waals surface area (Å²) < 4.78 is 26.4. The fourth-order valence-electron chi connectivity index (χ4n) is 1.74. The molecule has 3 N–H and O–H groups in total. The minimum atomic E-state index is -4.21. The molecule has 0 unspecified atom stereocenters. The second-order valence-corrected chi connectivity index (χ2v) is 6.25. The lowest BCUT2D eigenvalue weighted by atomic mass is 10.4. The number of sulfonamides is 1. The van der Waals surface area contributed by atoms with Crippen LogP contribution in [0, 0.1) is 13.8 Å². The Kier molecular flexibility index (Phi) is 4.31. The van der Waals surface area contributed by atoms with Crippen molar-refractivity contribution >= 4 is 28.1 Å². The minimum absolute atomic E-state index is 0.0432. The number of aryl methyl sites for hydroxylation is 2. The van der Waals surface area contributed by atoms with Crippen LogP contribution in [0.2, 0.25) is 0 Å². The van der Waals surface area contributed by atoms with E-state index in [2.05, 4.69) is 15.3 Å². The number of aromatic nitrogens is 3. The number of carbonyl (C=O) groups is 2. The third-order valence-electron chi connectivity index (χ3n) is 2.63. The largest absolute Gasteiger partial charge is 0.464 e. The lowest BCUT2D eigenvalue weighted by Gasteiger charge is -2.07. The van der Waals surface area contributed by atoms with Crippen LogP contribution in [-0.4, -0.2) is 40.2 Å². The second kappa shape index (κ2) is 6.04. The summed E-state index contributed by atoms with van der Waals surface area (Å²) in [7, 11) is -4.21. The van der Waals surface area contributed by atoms with E-state index in [-0.39, 0.29) is 10.8 Å². The van der Waals surface area contributed by atoms with Crippen LogP contribution in [-0.2, 0) is 10.0 Å².